The van der Waals surface area contributed by atoms with Gasteiger partial charge in [0.2, 0.25) is 0 Å². The molecule has 2 aromatic rings. The van der Waals surface area contributed by atoms with Gasteiger partial charge in [-0.3, -0.25) is 4.79 Å². The average molecular weight is 336 g/mol. The molecule has 2 N–H and O–H groups in total. The van der Waals surface area contributed by atoms with Crippen molar-refractivity contribution in [3.63, 3.8) is 0 Å². The molecule has 3 rings (SSSR count). The predicted molar refractivity (Wildman–Crippen MR) is 90.5 cm³/mol. The third-order valence-corrected chi connectivity index (χ3v) is 5.38. The van der Waals surface area contributed by atoms with Crippen molar-refractivity contribution in [1.29, 1.82) is 0 Å². The minimum absolute atomic E-state index is 0.0217. The van der Waals surface area contributed by atoms with Crippen molar-refractivity contribution in [3.05, 3.63) is 46.3 Å². The normalized spacial score (nSPS) is 21.5. The first-order chi connectivity index (χ1) is 10.6. The summed E-state index contributed by atoms with van der Waals surface area (Å²) in [6, 6.07) is 11.6. The van der Waals surface area contributed by atoms with Gasteiger partial charge in [-0.05, 0) is 55.5 Å². The molecule has 0 saturated heterocycles. The number of amides is 1. The highest BCUT2D eigenvalue weighted by atomic mass is 35.5. The van der Waals surface area contributed by atoms with Crippen LogP contribution in [0.25, 0.3) is 10.4 Å². The van der Waals surface area contributed by atoms with Crippen LogP contribution in [-0.2, 0) is 0 Å². The van der Waals surface area contributed by atoms with Crippen molar-refractivity contribution in [2.75, 3.05) is 0 Å². The molecule has 0 unspecified atom stereocenters. The van der Waals surface area contributed by atoms with E-state index >= 15 is 0 Å². The van der Waals surface area contributed by atoms with Crippen molar-refractivity contribution >= 4 is 28.8 Å². The first-order valence-corrected chi connectivity index (χ1v) is 8.66. The lowest BCUT2D eigenvalue weighted by molar-refractivity contribution is 0.0871. The molecule has 1 amide bonds. The van der Waals surface area contributed by atoms with E-state index in [4.69, 9.17) is 11.6 Å². The zero-order valence-electron chi connectivity index (χ0n) is 12.1. The van der Waals surface area contributed by atoms with Gasteiger partial charge in [0.05, 0.1) is 11.0 Å². The summed E-state index contributed by atoms with van der Waals surface area (Å²) in [5.74, 6) is -0.0217. The minimum Gasteiger partial charge on any atom is -0.393 e. The van der Waals surface area contributed by atoms with E-state index in [1.54, 1.807) is 0 Å². The van der Waals surface area contributed by atoms with E-state index in [-0.39, 0.29) is 18.1 Å². The number of aliphatic hydroxyl groups excluding tert-OH is 1. The van der Waals surface area contributed by atoms with E-state index in [1.165, 1.54) is 11.3 Å². The Morgan fingerprint density at radius 2 is 1.77 bits per heavy atom. The van der Waals surface area contributed by atoms with E-state index in [0.29, 0.717) is 5.02 Å². The molecule has 116 valence electrons. The van der Waals surface area contributed by atoms with Gasteiger partial charge in [-0.15, -0.1) is 11.3 Å². The number of thiophene rings is 1. The van der Waals surface area contributed by atoms with Gasteiger partial charge in [0.25, 0.3) is 5.91 Å². The molecule has 1 saturated carbocycles. The minimum atomic E-state index is -0.202. The number of carbonyl (C=O) groups is 1. The largest absolute Gasteiger partial charge is 0.393 e. The molecule has 1 aliphatic rings. The quantitative estimate of drug-likeness (QED) is 0.887. The molecular formula is C17H18ClNO2S. The molecule has 0 spiro atoms. The Kier molecular flexibility index (Phi) is 4.81. The number of aliphatic hydroxyl groups is 1. The van der Waals surface area contributed by atoms with Crippen LogP contribution in [0.4, 0.5) is 0 Å². The lowest BCUT2D eigenvalue weighted by atomic mass is 9.93. The summed E-state index contributed by atoms with van der Waals surface area (Å²) in [4.78, 5) is 14.1. The van der Waals surface area contributed by atoms with Gasteiger partial charge in [-0.25, -0.2) is 0 Å². The van der Waals surface area contributed by atoms with Crippen molar-refractivity contribution in [1.82, 2.24) is 5.32 Å². The van der Waals surface area contributed by atoms with Gasteiger partial charge in [0.1, 0.15) is 0 Å². The summed E-state index contributed by atoms with van der Waals surface area (Å²) in [5, 5.41) is 13.3. The second kappa shape index (κ2) is 6.82. The van der Waals surface area contributed by atoms with E-state index in [0.717, 1.165) is 41.0 Å². The van der Waals surface area contributed by atoms with Crippen LogP contribution < -0.4 is 5.32 Å². The van der Waals surface area contributed by atoms with E-state index in [1.807, 2.05) is 36.4 Å². The molecule has 5 heteroatoms. The lowest BCUT2D eigenvalue weighted by Gasteiger charge is -2.25. The van der Waals surface area contributed by atoms with Crippen molar-refractivity contribution in [2.45, 2.75) is 37.8 Å². The number of rotatable bonds is 3. The summed E-state index contributed by atoms with van der Waals surface area (Å²) >= 11 is 7.38. The molecule has 1 aromatic carbocycles. The van der Waals surface area contributed by atoms with Crippen LogP contribution >= 0.6 is 22.9 Å². The second-order valence-electron chi connectivity index (χ2n) is 5.65. The van der Waals surface area contributed by atoms with Crippen molar-refractivity contribution in [3.8, 4) is 10.4 Å². The van der Waals surface area contributed by atoms with Gasteiger partial charge in [-0.2, -0.15) is 0 Å². The monoisotopic (exact) mass is 335 g/mol. The fourth-order valence-electron chi connectivity index (χ4n) is 2.71. The number of nitrogens with one attached hydrogen (secondary N) is 1. The molecule has 1 aromatic heterocycles. The highest BCUT2D eigenvalue weighted by molar-refractivity contribution is 7.17. The maximum Gasteiger partial charge on any atom is 0.261 e. The van der Waals surface area contributed by atoms with E-state index in [2.05, 4.69) is 5.32 Å². The maximum atomic E-state index is 12.3. The molecule has 0 bridgehead atoms. The summed E-state index contributed by atoms with van der Waals surface area (Å²) < 4.78 is 0. The Bertz CT molecular complexity index is 645. The fraction of sp³-hybridized carbons (Fsp3) is 0.353. The Hall–Kier alpha value is -1.36. The Morgan fingerprint density at radius 1 is 1.09 bits per heavy atom. The highest BCUT2D eigenvalue weighted by Crippen LogP contribution is 2.29. The molecule has 1 aliphatic carbocycles. The lowest BCUT2D eigenvalue weighted by Crippen LogP contribution is -2.38. The van der Waals surface area contributed by atoms with Crippen LogP contribution in [0.15, 0.2) is 36.4 Å². The number of carbonyl (C=O) groups excluding carboxylic acids is 1. The number of benzene rings is 1. The van der Waals surface area contributed by atoms with Crippen molar-refractivity contribution < 1.29 is 9.90 Å². The summed E-state index contributed by atoms with van der Waals surface area (Å²) in [5.41, 5.74) is 1.06. The van der Waals surface area contributed by atoms with Gasteiger partial charge >= 0.3 is 0 Å². The third kappa shape index (κ3) is 3.69. The smallest absolute Gasteiger partial charge is 0.261 e. The van der Waals surface area contributed by atoms with Gasteiger partial charge < -0.3 is 10.4 Å². The Labute approximate surface area is 138 Å². The Balaban J connectivity index is 1.65. The fourth-order valence-corrected chi connectivity index (χ4v) is 3.75. The molecule has 0 radical (unpaired) electrons. The maximum absolute atomic E-state index is 12.3. The summed E-state index contributed by atoms with van der Waals surface area (Å²) in [6.07, 6.45) is 3.04. The molecule has 0 atom stereocenters. The number of halogens is 1. The summed E-state index contributed by atoms with van der Waals surface area (Å²) in [6.45, 7) is 0. The van der Waals surface area contributed by atoms with E-state index in [9.17, 15) is 9.90 Å². The molecule has 3 nitrogen and oxygen atoms in total. The molecule has 0 aliphatic heterocycles. The zero-order chi connectivity index (χ0) is 15.5. The first kappa shape index (κ1) is 15.5. The standard InChI is InChI=1S/C17H18ClNO2S/c18-12-3-1-11(2-4-12)15-9-10-16(22-15)17(21)19-13-5-7-14(20)8-6-13/h1-4,9-10,13-14,20H,5-8H2,(H,19,21). The number of hydrogen-bond acceptors (Lipinski definition) is 3. The van der Waals surface area contributed by atoms with Gasteiger partial charge in [-0.1, -0.05) is 23.7 Å². The predicted octanol–water partition coefficient (Wildman–Crippen LogP) is 4.10. The summed E-state index contributed by atoms with van der Waals surface area (Å²) in [7, 11) is 0. The van der Waals surface area contributed by atoms with Crippen LogP contribution in [0, 0.1) is 0 Å². The van der Waals surface area contributed by atoms with Crippen LogP contribution in [0.3, 0.4) is 0 Å². The molecule has 1 heterocycles. The van der Waals surface area contributed by atoms with Crippen LogP contribution in [0.2, 0.25) is 5.02 Å². The first-order valence-electron chi connectivity index (χ1n) is 7.46. The topological polar surface area (TPSA) is 49.3 Å². The van der Waals surface area contributed by atoms with Crippen molar-refractivity contribution in [2.24, 2.45) is 0 Å². The molecular weight excluding hydrogens is 318 g/mol. The van der Waals surface area contributed by atoms with Gasteiger partial charge in [0.15, 0.2) is 0 Å². The second-order valence-corrected chi connectivity index (χ2v) is 7.17. The zero-order valence-corrected chi connectivity index (χ0v) is 13.7. The van der Waals surface area contributed by atoms with Crippen LogP contribution in [-0.4, -0.2) is 23.2 Å². The number of hydrogen-bond donors (Lipinski definition) is 2. The Morgan fingerprint density at radius 3 is 2.45 bits per heavy atom. The molecule has 1 fully saturated rings. The van der Waals surface area contributed by atoms with Gasteiger partial charge in [0, 0.05) is 15.9 Å². The van der Waals surface area contributed by atoms with Crippen LogP contribution in [0.1, 0.15) is 35.4 Å². The van der Waals surface area contributed by atoms with Crippen LogP contribution in [0.5, 0.6) is 0 Å². The SMILES string of the molecule is O=C(NC1CCC(O)CC1)c1ccc(-c2ccc(Cl)cc2)s1. The average Bonchev–Trinajstić information content (AvgIpc) is 3.00. The third-order valence-electron chi connectivity index (χ3n) is 3.99. The van der Waals surface area contributed by atoms with E-state index < -0.39 is 0 Å². The molecule has 22 heavy (non-hydrogen) atoms. The highest BCUT2D eigenvalue weighted by Gasteiger charge is 2.21.